The highest BCUT2D eigenvalue weighted by molar-refractivity contribution is 5.41. The van der Waals surface area contributed by atoms with E-state index in [0.717, 1.165) is 31.4 Å². The molecule has 172 valence electrons. The summed E-state index contributed by atoms with van der Waals surface area (Å²) in [5.41, 5.74) is 7.37. The zero-order chi connectivity index (χ0) is 23.3. The molecule has 0 saturated carbocycles. The Balaban J connectivity index is 0.000000142. The molecule has 0 saturated heterocycles. The van der Waals surface area contributed by atoms with Crippen LogP contribution < -0.4 is 0 Å². The lowest BCUT2D eigenvalue weighted by molar-refractivity contribution is 0.138. The molecule has 1 heterocycles. The summed E-state index contributed by atoms with van der Waals surface area (Å²) in [6.45, 7) is 0. The number of aromatic nitrogens is 1. The average Bonchev–Trinajstić information content (AvgIpc) is 2.90. The van der Waals surface area contributed by atoms with E-state index >= 15 is 0 Å². The van der Waals surface area contributed by atoms with E-state index in [1.54, 1.807) is 0 Å². The molecule has 4 aromatic rings. The molecule has 6 rings (SSSR count). The second kappa shape index (κ2) is 10.3. The lowest BCUT2D eigenvalue weighted by atomic mass is 9.77. The highest BCUT2D eigenvalue weighted by Crippen LogP contribution is 2.37. The lowest BCUT2D eigenvalue weighted by Gasteiger charge is -2.30. The van der Waals surface area contributed by atoms with E-state index in [-0.39, 0.29) is 24.0 Å². The van der Waals surface area contributed by atoms with Crippen LogP contribution >= 0.6 is 0 Å². The maximum absolute atomic E-state index is 10.3. The van der Waals surface area contributed by atoms with Gasteiger partial charge in [0.2, 0.25) is 0 Å². The van der Waals surface area contributed by atoms with E-state index < -0.39 is 0 Å². The van der Waals surface area contributed by atoms with Crippen molar-refractivity contribution in [3.05, 3.63) is 137 Å². The van der Waals surface area contributed by atoms with Gasteiger partial charge in [0.05, 0.1) is 12.2 Å². The Labute approximate surface area is 201 Å². The molecule has 1 aromatic heterocycles. The van der Waals surface area contributed by atoms with Crippen LogP contribution in [0.4, 0.5) is 0 Å². The number of hydrogen-bond acceptors (Lipinski definition) is 3. The van der Waals surface area contributed by atoms with Crippen molar-refractivity contribution in [3.63, 3.8) is 0 Å². The third-order valence-electron chi connectivity index (χ3n) is 7.12. The molecule has 0 unspecified atom stereocenters. The predicted octanol–water partition coefficient (Wildman–Crippen LogP) is 5.65. The van der Waals surface area contributed by atoms with Gasteiger partial charge >= 0.3 is 0 Å². The maximum atomic E-state index is 10.3. The number of aryl methyl sites for hydroxylation is 2. The van der Waals surface area contributed by atoms with Crippen molar-refractivity contribution in [2.45, 2.75) is 49.7 Å². The molecular formula is C31H31NO2. The molecule has 3 aromatic carbocycles. The number of pyridine rings is 1. The number of nitrogens with zero attached hydrogens (tertiary/aromatic N) is 1. The van der Waals surface area contributed by atoms with E-state index in [2.05, 4.69) is 59.6 Å². The van der Waals surface area contributed by atoms with Crippen molar-refractivity contribution in [2.75, 3.05) is 0 Å². The van der Waals surface area contributed by atoms with Crippen LogP contribution in [0.15, 0.2) is 103 Å². The van der Waals surface area contributed by atoms with Crippen molar-refractivity contribution in [1.29, 1.82) is 0 Å². The van der Waals surface area contributed by atoms with Crippen molar-refractivity contribution < 1.29 is 10.2 Å². The lowest BCUT2D eigenvalue weighted by Crippen LogP contribution is -2.26. The molecule has 2 aliphatic rings. The highest BCUT2D eigenvalue weighted by Gasteiger charge is 2.30. The van der Waals surface area contributed by atoms with Crippen LogP contribution in [0.25, 0.3) is 0 Å². The van der Waals surface area contributed by atoms with Gasteiger partial charge in [-0.1, -0.05) is 91.0 Å². The summed E-state index contributed by atoms with van der Waals surface area (Å²) < 4.78 is 0. The summed E-state index contributed by atoms with van der Waals surface area (Å²) in [5, 5.41) is 20.5. The van der Waals surface area contributed by atoms with Crippen LogP contribution in [-0.2, 0) is 12.8 Å². The van der Waals surface area contributed by atoms with Crippen LogP contribution in [-0.4, -0.2) is 27.4 Å². The third kappa shape index (κ3) is 4.68. The predicted molar refractivity (Wildman–Crippen MR) is 136 cm³/mol. The fourth-order valence-corrected chi connectivity index (χ4v) is 5.47. The highest BCUT2D eigenvalue weighted by atomic mass is 16.3. The van der Waals surface area contributed by atoms with Crippen molar-refractivity contribution >= 4 is 0 Å². The second-order valence-electron chi connectivity index (χ2n) is 9.23. The van der Waals surface area contributed by atoms with E-state index in [1.165, 1.54) is 27.8 Å². The van der Waals surface area contributed by atoms with Crippen LogP contribution in [0.5, 0.6) is 0 Å². The van der Waals surface area contributed by atoms with E-state index in [4.69, 9.17) is 0 Å². The average molecular weight is 450 g/mol. The topological polar surface area (TPSA) is 53.4 Å². The molecule has 3 nitrogen and oxygen atoms in total. The number of aliphatic hydroxyl groups excluding tert-OH is 2. The minimum Gasteiger partial charge on any atom is -0.392 e. The van der Waals surface area contributed by atoms with Gasteiger partial charge in [0.25, 0.3) is 0 Å². The first-order chi connectivity index (χ1) is 16.7. The first kappa shape index (κ1) is 22.5. The minimum absolute atomic E-state index is 0.0775. The normalized spacial score (nSPS) is 23.1. The summed E-state index contributed by atoms with van der Waals surface area (Å²) >= 11 is 0. The first-order valence-electron chi connectivity index (χ1n) is 12.2. The summed E-state index contributed by atoms with van der Waals surface area (Å²) in [7, 11) is 0. The van der Waals surface area contributed by atoms with E-state index in [1.807, 2.05) is 48.7 Å². The molecule has 2 N–H and O–H groups in total. The van der Waals surface area contributed by atoms with Gasteiger partial charge in [0, 0.05) is 23.7 Å². The standard InChI is InChI=1S/C16H16O.C15H15NO/c17-15-11-10-12-6-4-5-9-14(12)16(15)13-7-2-1-3-8-13;17-14-9-8-13-12(7-4-10-16-13)15(14)11-5-2-1-3-6-11/h1-9,15-17H,10-11H2;1-7,10,14-15,17H,8-9H2/t15-,16-;14-,15-/m00/s1. The van der Waals surface area contributed by atoms with Gasteiger partial charge in [-0.25, -0.2) is 0 Å². The van der Waals surface area contributed by atoms with Gasteiger partial charge in [-0.2, -0.15) is 0 Å². The fraction of sp³-hybridized carbons (Fsp3) is 0.258. The summed E-state index contributed by atoms with van der Waals surface area (Å²) in [6.07, 6.45) is 4.79. The molecule has 0 fully saturated rings. The summed E-state index contributed by atoms with van der Waals surface area (Å²) in [4.78, 5) is 4.42. The molecule has 0 radical (unpaired) electrons. The maximum Gasteiger partial charge on any atom is 0.0653 e. The summed E-state index contributed by atoms with van der Waals surface area (Å²) in [6, 6.07) is 33.0. The second-order valence-corrected chi connectivity index (χ2v) is 9.23. The number of rotatable bonds is 2. The quantitative estimate of drug-likeness (QED) is 0.416. The molecule has 0 bridgehead atoms. The molecule has 0 aliphatic heterocycles. The van der Waals surface area contributed by atoms with Crippen LogP contribution in [0.1, 0.15) is 58.2 Å². The van der Waals surface area contributed by atoms with Crippen LogP contribution in [0.3, 0.4) is 0 Å². The monoisotopic (exact) mass is 449 g/mol. The zero-order valence-corrected chi connectivity index (χ0v) is 19.3. The first-order valence-corrected chi connectivity index (χ1v) is 12.2. The minimum atomic E-state index is -0.297. The Kier molecular flexibility index (Phi) is 6.84. The molecule has 34 heavy (non-hydrogen) atoms. The summed E-state index contributed by atoms with van der Waals surface area (Å²) in [5.74, 6) is 0.217. The van der Waals surface area contributed by atoms with Crippen LogP contribution in [0.2, 0.25) is 0 Å². The van der Waals surface area contributed by atoms with Gasteiger partial charge in [-0.15, -0.1) is 0 Å². The molecule has 3 heteroatoms. The van der Waals surface area contributed by atoms with Gasteiger partial charge in [-0.05, 0) is 59.6 Å². The Morgan fingerprint density at radius 2 is 1.09 bits per heavy atom. The molecule has 4 atom stereocenters. The number of benzene rings is 3. The van der Waals surface area contributed by atoms with Crippen molar-refractivity contribution in [3.8, 4) is 0 Å². The van der Waals surface area contributed by atoms with Crippen molar-refractivity contribution in [1.82, 2.24) is 4.98 Å². The largest absolute Gasteiger partial charge is 0.392 e. The number of hydrogen-bond donors (Lipinski definition) is 2. The number of fused-ring (bicyclic) bond motifs is 2. The Morgan fingerprint density at radius 3 is 1.76 bits per heavy atom. The fourth-order valence-electron chi connectivity index (χ4n) is 5.47. The SMILES string of the molecule is O[C@H]1CCc2ccccc2[C@@H]1c1ccccc1.O[C@H]1CCc2ncccc2[C@@H]1c1ccccc1. The third-order valence-corrected chi connectivity index (χ3v) is 7.12. The van der Waals surface area contributed by atoms with E-state index in [9.17, 15) is 10.2 Å². The number of aliphatic hydroxyl groups is 2. The molecular weight excluding hydrogens is 418 g/mol. The van der Waals surface area contributed by atoms with Crippen LogP contribution in [0, 0.1) is 0 Å². The van der Waals surface area contributed by atoms with Crippen molar-refractivity contribution in [2.24, 2.45) is 0 Å². The molecule has 0 amide bonds. The Bertz CT molecular complexity index is 1110. The van der Waals surface area contributed by atoms with Gasteiger partial charge in [-0.3, -0.25) is 4.98 Å². The van der Waals surface area contributed by atoms with Gasteiger partial charge < -0.3 is 10.2 Å². The Hall–Kier alpha value is -3.27. The van der Waals surface area contributed by atoms with E-state index in [0.29, 0.717) is 0 Å². The smallest absolute Gasteiger partial charge is 0.0653 e. The van der Waals surface area contributed by atoms with Gasteiger partial charge in [0.15, 0.2) is 0 Å². The molecule has 2 aliphatic carbocycles. The zero-order valence-electron chi connectivity index (χ0n) is 19.3. The Morgan fingerprint density at radius 1 is 0.559 bits per heavy atom. The molecule has 0 spiro atoms. The van der Waals surface area contributed by atoms with Gasteiger partial charge in [0.1, 0.15) is 0 Å².